The first kappa shape index (κ1) is 32.2. The van der Waals surface area contributed by atoms with Crippen molar-refractivity contribution < 1.29 is 28.2 Å². The van der Waals surface area contributed by atoms with Crippen LogP contribution in [-0.4, -0.2) is 70.3 Å². The number of aliphatic hydroxyl groups is 2. The van der Waals surface area contributed by atoms with E-state index >= 15 is 0 Å². The van der Waals surface area contributed by atoms with E-state index in [9.17, 15) is 28.2 Å². The van der Waals surface area contributed by atoms with Crippen molar-refractivity contribution in [1.29, 1.82) is 0 Å². The fourth-order valence-corrected chi connectivity index (χ4v) is 11.6. The van der Waals surface area contributed by atoms with E-state index in [1.54, 1.807) is 0 Å². The summed E-state index contributed by atoms with van der Waals surface area (Å²) in [7, 11) is 0. The Balaban J connectivity index is 1.15. The molecule has 256 valence electrons. The zero-order chi connectivity index (χ0) is 33.7. The maximum atomic E-state index is 14.7. The summed E-state index contributed by atoms with van der Waals surface area (Å²) in [5, 5.41) is 23.7. The molecule has 0 radical (unpaired) electrons. The fraction of sp³-hybridized carbons (Fsp3) is 0.590. The fourth-order valence-electron chi connectivity index (χ4n) is 11.6. The molecule has 6 aliphatic carbocycles. The van der Waals surface area contributed by atoms with Gasteiger partial charge in [0, 0.05) is 66.3 Å². The van der Waals surface area contributed by atoms with Gasteiger partial charge >= 0.3 is 6.18 Å². The van der Waals surface area contributed by atoms with E-state index in [0.717, 1.165) is 69.8 Å². The molecule has 0 amide bonds. The highest BCUT2D eigenvalue weighted by atomic mass is 19.4. The Kier molecular flexibility index (Phi) is 7.21. The van der Waals surface area contributed by atoms with Gasteiger partial charge in [-0.25, -0.2) is 4.98 Å². The number of nitrogens with zero attached hydrogens (tertiary/aromatic N) is 3. The summed E-state index contributed by atoms with van der Waals surface area (Å²) in [4.78, 5) is 23.8. The number of rotatable bonds is 5. The number of carbonyl (C=O) groups excluding carboxylic acids is 1. The van der Waals surface area contributed by atoms with Crippen LogP contribution in [0, 0.1) is 33.5 Å². The van der Waals surface area contributed by atoms with Crippen LogP contribution in [0.5, 0.6) is 0 Å². The molecule has 6 nitrogen and oxygen atoms in total. The van der Waals surface area contributed by atoms with Gasteiger partial charge in [-0.15, -0.1) is 0 Å². The molecule has 1 saturated heterocycles. The number of anilines is 1. The summed E-state index contributed by atoms with van der Waals surface area (Å²) in [6, 6.07) is 10.8. The molecule has 1 aliphatic heterocycles. The van der Waals surface area contributed by atoms with Gasteiger partial charge < -0.3 is 15.1 Å². The molecule has 2 spiro atoms. The highest BCUT2D eigenvalue weighted by Gasteiger charge is 2.74. The molecule has 2 bridgehead atoms. The quantitative estimate of drug-likeness (QED) is 0.275. The Hall–Kier alpha value is -3.01. The number of carbonyl (C=O) groups is 1. The number of hydrogen-bond acceptors (Lipinski definition) is 6. The van der Waals surface area contributed by atoms with Crippen molar-refractivity contribution in [3.05, 3.63) is 83.6 Å². The summed E-state index contributed by atoms with van der Waals surface area (Å²) < 4.78 is 41.4. The first-order valence-corrected chi connectivity index (χ1v) is 17.7. The molecule has 7 aliphatic rings. The Bertz CT molecular complexity index is 1670. The molecule has 8 atom stereocenters. The Morgan fingerprint density at radius 3 is 2.40 bits per heavy atom. The zero-order valence-electron chi connectivity index (χ0n) is 27.8. The van der Waals surface area contributed by atoms with Crippen molar-refractivity contribution in [1.82, 2.24) is 9.88 Å². The van der Waals surface area contributed by atoms with E-state index in [0.29, 0.717) is 31.4 Å². The number of hydrogen-bond donors (Lipinski definition) is 2. The third kappa shape index (κ3) is 4.42. The average Bonchev–Trinajstić information content (AvgIpc) is 3.34. The number of halogens is 3. The molecule has 2 aromatic rings. The summed E-state index contributed by atoms with van der Waals surface area (Å²) in [6.07, 6.45) is 8.27. The van der Waals surface area contributed by atoms with Crippen LogP contribution in [0.3, 0.4) is 0 Å². The number of allylic oxidation sites excluding steroid dienone is 4. The SMILES string of the molecule is C[C@]12CC[C@H]3[C@]4(C=C[C@@]5(C=C4C(=O)c4cccc(C(F)(F)F)c4)CC(O)CC[C@]35C)[C@@H]1CC[C@@]2(O)CN1CCN(c2ccccn2)CC1. The molecule has 2 heterocycles. The molecule has 3 saturated carbocycles. The van der Waals surface area contributed by atoms with Gasteiger partial charge in [-0.2, -0.15) is 13.2 Å². The first-order valence-electron chi connectivity index (χ1n) is 17.7. The summed E-state index contributed by atoms with van der Waals surface area (Å²) in [5.74, 6) is 0.636. The summed E-state index contributed by atoms with van der Waals surface area (Å²) in [5.41, 5.74) is -3.14. The lowest BCUT2D eigenvalue weighted by molar-refractivity contribution is -0.176. The van der Waals surface area contributed by atoms with E-state index in [4.69, 9.17) is 0 Å². The minimum Gasteiger partial charge on any atom is -0.393 e. The molecule has 9 heteroatoms. The number of ketones is 1. The number of β-amino-alcohol motifs (C(OH)–C–C–N with tert-alkyl or cyclic N) is 1. The van der Waals surface area contributed by atoms with E-state index < -0.39 is 39.7 Å². The molecule has 1 aromatic carbocycles. The van der Waals surface area contributed by atoms with Crippen LogP contribution in [0.2, 0.25) is 0 Å². The van der Waals surface area contributed by atoms with Gasteiger partial charge in [0.05, 0.1) is 17.3 Å². The number of benzene rings is 1. The normalized spacial score (nSPS) is 40.6. The van der Waals surface area contributed by atoms with Crippen molar-refractivity contribution >= 4 is 11.6 Å². The lowest BCUT2D eigenvalue weighted by Crippen LogP contribution is -2.67. The molecular formula is C39H46F3N3O3. The van der Waals surface area contributed by atoms with E-state index in [-0.39, 0.29) is 28.6 Å². The minimum atomic E-state index is -4.56. The van der Waals surface area contributed by atoms with Crippen LogP contribution < -0.4 is 4.90 Å². The van der Waals surface area contributed by atoms with Crippen LogP contribution in [0.25, 0.3) is 0 Å². The molecule has 4 fully saturated rings. The van der Waals surface area contributed by atoms with Gasteiger partial charge in [-0.05, 0) is 86.5 Å². The minimum absolute atomic E-state index is 0.0472. The number of Topliss-reactive ketones (excluding diaryl/α,β-unsaturated/α-hetero) is 1. The van der Waals surface area contributed by atoms with Crippen molar-refractivity contribution in [2.75, 3.05) is 37.6 Å². The Morgan fingerprint density at radius 1 is 0.938 bits per heavy atom. The van der Waals surface area contributed by atoms with Gasteiger partial charge in [0.2, 0.25) is 0 Å². The van der Waals surface area contributed by atoms with Gasteiger partial charge in [0.1, 0.15) is 5.82 Å². The number of aliphatic hydroxyl groups excluding tert-OH is 1. The van der Waals surface area contributed by atoms with Gasteiger partial charge in [-0.1, -0.05) is 50.3 Å². The second kappa shape index (κ2) is 10.7. The molecule has 48 heavy (non-hydrogen) atoms. The summed E-state index contributed by atoms with van der Waals surface area (Å²) >= 11 is 0. The van der Waals surface area contributed by atoms with Crippen LogP contribution in [0.1, 0.15) is 74.7 Å². The second-order valence-electron chi connectivity index (χ2n) is 16.2. The van der Waals surface area contributed by atoms with Gasteiger partial charge in [-0.3, -0.25) is 9.69 Å². The topological polar surface area (TPSA) is 76.9 Å². The predicted molar refractivity (Wildman–Crippen MR) is 177 cm³/mol. The van der Waals surface area contributed by atoms with Crippen LogP contribution in [0.4, 0.5) is 19.0 Å². The lowest BCUT2D eigenvalue weighted by Gasteiger charge is -2.71. The largest absolute Gasteiger partial charge is 0.416 e. The van der Waals surface area contributed by atoms with Gasteiger partial charge in [0.25, 0.3) is 0 Å². The van der Waals surface area contributed by atoms with Crippen molar-refractivity contribution in [3.63, 3.8) is 0 Å². The maximum absolute atomic E-state index is 14.7. The molecule has 2 N–H and O–H groups in total. The lowest BCUT2D eigenvalue weighted by atomic mass is 9.32. The molecule has 9 rings (SSSR count). The number of alkyl halides is 3. The van der Waals surface area contributed by atoms with Crippen molar-refractivity contribution in [3.8, 4) is 0 Å². The number of fused-ring (bicyclic) bond motifs is 1. The third-order valence-electron chi connectivity index (χ3n) is 14.2. The first-order chi connectivity index (χ1) is 22.7. The number of aromatic nitrogens is 1. The monoisotopic (exact) mass is 661 g/mol. The molecular weight excluding hydrogens is 615 g/mol. The van der Waals surface area contributed by atoms with E-state index in [2.05, 4.69) is 46.9 Å². The van der Waals surface area contributed by atoms with Crippen molar-refractivity contribution in [2.45, 2.75) is 76.7 Å². The van der Waals surface area contributed by atoms with E-state index in [1.807, 2.05) is 24.4 Å². The Morgan fingerprint density at radius 2 is 1.67 bits per heavy atom. The highest BCUT2D eigenvalue weighted by molar-refractivity contribution is 6.10. The zero-order valence-corrected chi connectivity index (χ0v) is 27.8. The van der Waals surface area contributed by atoms with Crippen LogP contribution >= 0.6 is 0 Å². The summed E-state index contributed by atoms with van der Waals surface area (Å²) in [6.45, 7) is 8.36. The number of pyridine rings is 1. The third-order valence-corrected chi connectivity index (χ3v) is 14.2. The van der Waals surface area contributed by atoms with Crippen LogP contribution in [0.15, 0.2) is 72.5 Å². The smallest absolute Gasteiger partial charge is 0.393 e. The standard InChI is InChI=1S/C39H46F3N3O3/c1-34-12-9-28(46)23-36(34)15-16-38(29(24-36)33(47)26-6-5-7-27(22-26)39(40,41)42)30(34)10-13-35(2)31(38)11-14-37(35,48)25-44-18-20-45(21-19-44)32-8-3-4-17-43-32/h3-8,15-17,22,24,28,30-31,46,48H,9-14,18-21,23,25H2,1-2H3/t28?,30-,31-,34-,35+,36+,37-,38-/m1/s1. The van der Waals surface area contributed by atoms with Crippen LogP contribution in [-0.2, 0) is 6.18 Å². The molecule has 1 unspecified atom stereocenters. The predicted octanol–water partition coefficient (Wildman–Crippen LogP) is 6.70. The van der Waals surface area contributed by atoms with E-state index in [1.165, 1.54) is 12.1 Å². The van der Waals surface area contributed by atoms with Gasteiger partial charge in [0.15, 0.2) is 5.78 Å². The van der Waals surface area contributed by atoms with Crippen molar-refractivity contribution in [2.24, 2.45) is 33.5 Å². The maximum Gasteiger partial charge on any atom is 0.416 e. The average molecular weight is 662 g/mol. The number of piperazine rings is 1. The molecule has 1 aromatic heterocycles. The Labute approximate surface area is 280 Å². The second-order valence-corrected chi connectivity index (χ2v) is 16.2. The highest BCUT2D eigenvalue weighted by Crippen LogP contribution is 2.78.